The van der Waals surface area contributed by atoms with E-state index >= 15 is 0 Å². The van der Waals surface area contributed by atoms with E-state index in [9.17, 15) is 0 Å². The number of benzene rings is 1. The van der Waals surface area contributed by atoms with Gasteiger partial charge >= 0.3 is 0 Å². The summed E-state index contributed by atoms with van der Waals surface area (Å²) in [5.41, 5.74) is 7.81. The van der Waals surface area contributed by atoms with Gasteiger partial charge in [0.25, 0.3) is 0 Å². The average molecular weight is 238 g/mol. The van der Waals surface area contributed by atoms with Crippen LogP contribution in [0.4, 0.5) is 0 Å². The van der Waals surface area contributed by atoms with E-state index in [2.05, 4.69) is 29.2 Å². The summed E-state index contributed by atoms with van der Waals surface area (Å²) >= 11 is 0. The van der Waals surface area contributed by atoms with Crippen LogP contribution in [0.3, 0.4) is 0 Å². The Morgan fingerprint density at radius 2 is 1.94 bits per heavy atom. The Kier molecular flexibility index (Phi) is 2.21. The Morgan fingerprint density at radius 3 is 2.78 bits per heavy atom. The van der Waals surface area contributed by atoms with Crippen molar-refractivity contribution in [1.82, 2.24) is 4.98 Å². The lowest BCUT2D eigenvalue weighted by molar-refractivity contribution is 0.406. The molecule has 2 aliphatic rings. The lowest BCUT2D eigenvalue weighted by Crippen LogP contribution is -2.20. The summed E-state index contributed by atoms with van der Waals surface area (Å²) in [4.78, 5) is 4.25. The molecule has 3 unspecified atom stereocenters. The smallest absolute Gasteiger partial charge is 0.0349 e. The maximum atomic E-state index is 6.52. The first-order valence-electron chi connectivity index (χ1n) is 6.91. The van der Waals surface area contributed by atoms with Crippen LogP contribution in [-0.4, -0.2) is 4.98 Å². The van der Waals surface area contributed by atoms with Crippen LogP contribution < -0.4 is 5.73 Å². The minimum absolute atomic E-state index is 0.186. The molecule has 1 heterocycles. The number of aromatic nitrogens is 1. The van der Waals surface area contributed by atoms with Gasteiger partial charge in [0.15, 0.2) is 0 Å². The van der Waals surface area contributed by atoms with Crippen molar-refractivity contribution in [3.05, 3.63) is 42.2 Å². The number of fused-ring (bicyclic) bond motifs is 2. The average Bonchev–Trinajstić information content (AvgIpc) is 3.04. The second-order valence-corrected chi connectivity index (χ2v) is 5.96. The number of hydrogen-bond acceptors (Lipinski definition) is 2. The summed E-state index contributed by atoms with van der Waals surface area (Å²) in [6.07, 6.45) is 7.94. The zero-order valence-electron chi connectivity index (χ0n) is 10.4. The fourth-order valence-electron chi connectivity index (χ4n) is 3.74. The molecule has 2 nitrogen and oxygen atoms in total. The third-order valence-electron chi connectivity index (χ3n) is 4.86. The molecule has 0 bridgehead atoms. The van der Waals surface area contributed by atoms with Gasteiger partial charge in [-0.1, -0.05) is 18.2 Å². The van der Waals surface area contributed by atoms with Crippen molar-refractivity contribution in [2.75, 3.05) is 0 Å². The first-order valence-corrected chi connectivity index (χ1v) is 6.91. The normalized spacial score (nSPS) is 31.3. The summed E-state index contributed by atoms with van der Waals surface area (Å²) in [6.45, 7) is 0. The van der Waals surface area contributed by atoms with Crippen LogP contribution in [0.25, 0.3) is 10.8 Å². The lowest BCUT2D eigenvalue weighted by Gasteiger charge is -2.22. The second kappa shape index (κ2) is 3.79. The third kappa shape index (κ3) is 1.56. The van der Waals surface area contributed by atoms with Gasteiger partial charge in [0.2, 0.25) is 0 Å². The highest BCUT2D eigenvalue weighted by Gasteiger charge is 2.47. The minimum Gasteiger partial charge on any atom is -0.324 e. The van der Waals surface area contributed by atoms with Crippen molar-refractivity contribution in [1.29, 1.82) is 0 Å². The standard InChI is InChI=1S/C16H18N2/c17-16(13-7-11-6-12(11)8-13)14-3-1-2-10-4-5-18-9-15(10)14/h1-5,9,11-13,16H,6-8,17H2. The number of hydrogen-bond donors (Lipinski definition) is 1. The van der Waals surface area contributed by atoms with Gasteiger partial charge in [0.05, 0.1) is 0 Å². The molecule has 0 amide bonds. The molecular formula is C16H18N2. The van der Waals surface area contributed by atoms with Crippen LogP contribution in [0.15, 0.2) is 36.7 Å². The van der Waals surface area contributed by atoms with Gasteiger partial charge in [0.1, 0.15) is 0 Å². The quantitative estimate of drug-likeness (QED) is 0.872. The molecule has 1 aromatic carbocycles. The molecule has 2 aliphatic carbocycles. The van der Waals surface area contributed by atoms with Crippen molar-refractivity contribution in [2.45, 2.75) is 25.3 Å². The van der Waals surface area contributed by atoms with Gasteiger partial charge in [-0.25, -0.2) is 0 Å². The summed E-state index contributed by atoms with van der Waals surface area (Å²) in [5, 5.41) is 2.48. The highest BCUT2D eigenvalue weighted by Crippen LogP contribution is 2.56. The number of nitrogens with two attached hydrogens (primary N) is 1. The van der Waals surface area contributed by atoms with E-state index in [0.717, 1.165) is 11.8 Å². The molecule has 4 rings (SSSR count). The highest BCUT2D eigenvalue weighted by atomic mass is 14.7. The summed E-state index contributed by atoms with van der Waals surface area (Å²) in [7, 11) is 0. The fraction of sp³-hybridized carbons (Fsp3) is 0.438. The molecule has 0 saturated heterocycles. The maximum Gasteiger partial charge on any atom is 0.0349 e. The van der Waals surface area contributed by atoms with Gasteiger partial charge in [0, 0.05) is 23.8 Å². The fourth-order valence-corrected chi connectivity index (χ4v) is 3.74. The molecule has 3 atom stereocenters. The number of pyridine rings is 1. The van der Waals surface area contributed by atoms with Gasteiger partial charge in [-0.2, -0.15) is 0 Å². The van der Waals surface area contributed by atoms with E-state index in [0.29, 0.717) is 5.92 Å². The molecular weight excluding hydrogens is 220 g/mol. The summed E-state index contributed by atoms with van der Waals surface area (Å²) in [6, 6.07) is 8.69. The van der Waals surface area contributed by atoms with Crippen LogP contribution in [0.1, 0.15) is 30.9 Å². The molecule has 2 aromatic rings. The monoisotopic (exact) mass is 238 g/mol. The molecule has 2 N–H and O–H groups in total. The van der Waals surface area contributed by atoms with E-state index in [-0.39, 0.29) is 6.04 Å². The Balaban J connectivity index is 1.72. The topological polar surface area (TPSA) is 38.9 Å². The predicted octanol–water partition coefficient (Wildman–Crippen LogP) is 3.28. The molecule has 1 aromatic heterocycles. The molecule has 18 heavy (non-hydrogen) atoms. The van der Waals surface area contributed by atoms with Gasteiger partial charge in [-0.15, -0.1) is 0 Å². The highest BCUT2D eigenvalue weighted by molar-refractivity contribution is 5.85. The van der Waals surface area contributed by atoms with Crippen molar-refractivity contribution < 1.29 is 0 Å². The second-order valence-electron chi connectivity index (χ2n) is 5.96. The Bertz CT molecular complexity index is 577. The van der Waals surface area contributed by atoms with Gasteiger partial charge < -0.3 is 5.73 Å². The number of rotatable bonds is 2. The minimum atomic E-state index is 0.186. The molecule has 2 saturated carbocycles. The van der Waals surface area contributed by atoms with Crippen LogP contribution in [0, 0.1) is 17.8 Å². The first kappa shape index (κ1) is 10.5. The van der Waals surface area contributed by atoms with E-state index < -0.39 is 0 Å². The van der Waals surface area contributed by atoms with Crippen molar-refractivity contribution >= 4 is 10.8 Å². The Morgan fingerprint density at radius 1 is 1.11 bits per heavy atom. The van der Waals surface area contributed by atoms with E-state index in [4.69, 9.17) is 5.73 Å². The Hall–Kier alpha value is -1.41. The summed E-state index contributed by atoms with van der Waals surface area (Å²) in [5.74, 6) is 2.67. The zero-order valence-corrected chi connectivity index (χ0v) is 10.4. The SMILES string of the molecule is NC(c1cccc2ccncc12)C1CC2CC2C1. The van der Waals surface area contributed by atoms with Gasteiger partial charge in [-0.3, -0.25) is 4.98 Å². The molecule has 2 heteroatoms. The van der Waals surface area contributed by atoms with Crippen molar-refractivity contribution in [2.24, 2.45) is 23.5 Å². The molecule has 0 radical (unpaired) electrons. The van der Waals surface area contributed by atoms with E-state index in [1.807, 2.05) is 12.4 Å². The van der Waals surface area contributed by atoms with Crippen LogP contribution >= 0.6 is 0 Å². The van der Waals surface area contributed by atoms with Crippen molar-refractivity contribution in [3.63, 3.8) is 0 Å². The maximum absolute atomic E-state index is 6.52. The van der Waals surface area contributed by atoms with Gasteiger partial charge in [-0.05, 0) is 54.0 Å². The largest absolute Gasteiger partial charge is 0.324 e. The third-order valence-corrected chi connectivity index (χ3v) is 4.86. The van der Waals surface area contributed by atoms with Crippen LogP contribution in [-0.2, 0) is 0 Å². The molecule has 0 aliphatic heterocycles. The number of nitrogens with zero attached hydrogens (tertiary/aromatic N) is 1. The zero-order chi connectivity index (χ0) is 12.1. The van der Waals surface area contributed by atoms with Crippen LogP contribution in [0.2, 0.25) is 0 Å². The summed E-state index contributed by atoms with van der Waals surface area (Å²) < 4.78 is 0. The Labute approximate surface area is 107 Å². The lowest BCUT2D eigenvalue weighted by atomic mass is 9.88. The van der Waals surface area contributed by atoms with E-state index in [1.54, 1.807) is 0 Å². The first-order chi connectivity index (χ1) is 8.83. The predicted molar refractivity (Wildman–Crippen MR) is 73.0 cm³/mol. The van der Waals surface area contributed by atoms with Crippen LogP contribution in [0.5, 0.6) is 0 Å². The molecule has 2 fully saturated rings. The van der Waals surface area contributed by atoms with E-state index in [1.165, 1.54) is 35.6 Å². The van der Waals surface area contributed by atoms with Crippen molar-refractivity contribution in [3.8, 4) is 0 Å². The molecule has 0 spiro atoms. The molecule has 92 valence electrons.